The van der Waals surface area contributed by atoms with Gasteiger partial charge in [-0.3, -0.25) is 0 Å². The summed E-state index contributed by atoms with van der Waals surface area (Å²) in [5, 5.41) is 3.77. The lowest BCUT2D eigenvalue weighted by Crippen LogP contribution is -2.29. The fourth-order valence-corrected chi connectivity index (χ4v) is 0.269. The maximum atomic E-state index is 5.36. The first-order valence-electron chi connectivity index (χ1n) is 3.11. The van der Waals surface area contributed by atoms with Gasteiger partial charge in [0.05, 0.1) is 0 Å². The lowest BCUT2D eigenvalue weighted by Gasteiger charge is -1.98. The molecule has 0 heterocycles. The largest absolute Gasteiger partial charge is 0.386 e. The second-order valence-corrected chi connectivity index (χ2v) is 1.60. The fourth-order valence-electron chi connectivity index (χ4n) is 0.269. The molecular formula is C5H14N4. The van der Waals surface area contributed by atoms with Crippen molar-refractivity contribution in [1.29, 1.82) is 0 Å². The second kappa shape index (κ2) is 5.37. The Hall–Kier alpha value is -0.770. The molecule has 0 fully saturated rings. The van der Waals surface area contributed by atoms with E-state index in [2.05, 4.69) is 16.1 Å². The van der Waals surface area contributed by atoms with Crippen LogP contribution in [-0.4, -0.2) is 12.4 Å². The van der Waals surface area contributed by atoms with Gasteiger partial charge in [-0.2, -0.15) is 5.10 Å². The minimum Gasteiger partial charge on any atom is -0.386 e. The molecule has 9 heavy (non-hydrogen) atoms. The molecule has 4 nitrogen and oxygen atoms in total. The van der Waals surface area contributed by atoms with E-state index in [1.54, 1.807) is 0 Å². The molecule has 4 heteroatoms. The highest BCUT2D eigenvalue weighted by atomic mass is 15.6. The normalized spacial score (nSPS) is 11.6. The predicted molar refractivity (Wildman–Crippen MR) is 38.7 cm³/mol. The Bertz CT molecular complexity index is 89.0. The highest BCUT2D eigenvalue weighted by Gasteiger charge is 1.81. The van der Waals surface area contributed by atoms with E-state index in [1.165, 1.54) is 0 Å². The number of nitrogens with one attached hydrogen (secondary N) is 2. The minimum atomic E-state index is 0.607. The van der Waals surface area contributed by atoms with Crippen molar-refractivity contribution >= 4 is 5.84 Å². The molecule has 4 N–H and O–H groups in total. The Morgan fingerprint density at radius 2 is 2.22 bits per heavy atom. The van der Waals surface area contributed by atoms with Crippen LogP contribution >= 0.6 is 0 Å². The molecule has 0 atom stereocenters. The number of rotatable bonds is 4. The van der Waals surface area contributed by atoms with Gasteiger partial charge in [0.2, 0.25) is 0 Å². The number of hydrogen-bond acceptors (Lipinski definition) is 3. The molecule has 0 aromatic heterocycles. The van der Waals surface area contributed by atoms with Crippen molar-refractivity contribution in [2.45, 2.75) is 20.3 Å². The van der Waals surface area contributed by atoms with Gasteiger partial charge in [-0.25, -0.2) is 11.0 Å². The molecule has 0 amide bonds. The number of hydrazone groups is 1. The van der Waals surface area contributed by atoms with Gasteiger partial charge in [-0.1, -0.05) is 13.8 Å². The van der Waals surface area contributed by atoms with Crippen molar-refractivity contribution in [1.82, 2.24) is 11.0 Å². The molecular weight excluding hydrogens is 116 g/mol. The van der Waals surface area contributed by atoms with Crippen molar-refractivity contribution in [2.24, 2.45) is 10.8 Å². The quantitative estimate of drug-likeness (QED) is 0.213. The van der Waals surface area contributed by atoms with E-state index < -0.39 is 0 Å². The van der Waals surface area contributed by atoms with Gasteiger partial charge in [0.1, 0.15) is 5.84 Å². The SMILES string of the molecule is CCNN/N=C(\N)CC. The summed E-state index contributed by atoms with van der Waals surface area (Å²) < 4.78 is 0. The van der Waals surface area contributed by atoms with E-state index in [0.717, 1.165) is 13.0 Å². The van der Waals surface area contributed by atoms with Crippen LogP contribution in [-0.2, 0) is 0 Å². The molecule has 0 radical (unpaired) electrons. The zero-order valence-corrected chi connectivity index (χ0v) is 5.94. The van der Waals surface area contributed by atoms with Crippen LogP contribution in [0.15, 0.2) is 5.10 Å². The zero-order chi connectivity index (χ0) is 7.11. The van der Waals surface area contributed by atoms with Gasteiger partial charge in [0, 0.05) is 13.0 Å². The maximum absolute atomic E-state index is 5.36. The van der Waals surface area contributed by atoms with Crippen LogP contribution in [0.4, 0.5) is 0 Å². The summed E-state index contributed by atoms with van der Waals surface area (Å²) in [6, 6.07) is 0. The molecule has 0 rings (SSSR count). The Labute approximate surface area is 55.5 Å². The summed E-state index contributed by atoms with van der Waals surface area (Å²) in [6.45, 7) is 4.76. The van der Waals surface area contributed by atoms with Crippen LogP contribution in [0.3, 0.4) is 0 Å². The molecule has 0 aliphatic heterocycles. The second-order valence-electron chi connectivity index (χ2n) is 1.60. The molecule has 0 unspecified atom stereocenters. The first-order chi connectivity index (χ1) is 4.31. The van der Waals surface area contributed by atoms with Crippen molar-refractivity contribution in [3.05, 3.63) is 0 Å². The van der Waals surface area contributed by atoms with Crippen molar-refractivity contribution in [2.75, 3.05) is 6.54 Å². The Morgan fingerprint density at radius 1 is 1.56 bits per heavy atom. The molecule has 0 saturated heterocycles. The highest BCUT2D eigenvalue weighted by Crippen LogP contribution is 1.71. The number of nitrogens with two attached hydrogens (primary N) is 1. The van der Waals surface area contributed by atoms with E-state index >= 15 is 0 Å². The summed E-state index contributed by atoms with van der Waals surface area (Å²) >= 11 is 0. The van der Waals surface area contributed by atoms with Crippen LogP contribution in [0.2, 0.25) is 0 Å². The van der Waals surface area contributed by atoms with E-state index in [9.17, 15) is 0 Å². The van der Waals surface area contributed by atoms with Crippen molar-refractivity contribution in [3.8, 4) is 0 Å². The van der Waals surface area contributed by atoms with Crippen molar-refractivity contribution in [3.63, 3.8) is 0 Å². The molecule has 0 aromatic rings. The van der Waals surface area contributed by atoms with Crippen molar-refractivity contribution < 1.29 is 0 Å². The molecule has 0 bridgehead atoms. The van der Waals surface area contributed by atoms with Crippen LogP contribution in [0, 0.1) is 0 Å². The lowest BCUT2D eigenvalue weighted by molar-refractivity contribution is 0.577. The average Bonchev–Trinajstić information content (AvgIpc) is 1.89. The van der Waals surface area contributed by atoms with Crippen LogP contribution in [0.25, 0.3) is 0 Å². The molecule has 0 spiro atoms. The Kier molecular flexibility index (Phi) is 4.91. The van der Waals surface area contributed by atoms with Gasteiger partial charge in [0.25, 0.3) is 0 Å². The van der Waals surface area contributed by atoms with Crippen LogP contribution in [0.1, 0.15) is 20.3 Å². The summed E-state index contributed by atoms with van der Waals surface area (Å²) in [7, 11) is 0. The summed E-state index contributed by atoms with van der Waals surface area (Å²) in [5.74, 6) is 0.607. The van der Waals surface area contributed by atoms with Crippen LogP contribution in [0.5, 0.6) is 0 Å². The smallest absolute Gasteiger partial charge is 0.120 e. The number of hydrogen-bond donors (Lipinski definition) is 3. The summed E-state index contributed by atoms with van der Waals surface area (Å²) in [5.41, 5.74) is 10.8. The standard InChI is InChI=1S/C5H14N4/c1-3-5(6)8-9-7-4-2/h7,9H,3-4H2,1-2H3,(H2,6,8). The third-order valence-corrected chi connectivity index (χ3v) is 0.818. The number of hydrazine groups is 1. The van der Waals surface area contributed by atoms with E-state index in [4.69, 9.17) is 5.73 Å². The lowest BCUT2D eigenvalue weighted by atomic mass is 10.5. The third-order valence-electron chi connectivity index (χ3n) is 0.818. The third kappa shape index (κ3) is 5.10. The number of nitrogens with zero attached hydrogens (tertiary/aromatic N) is 1. The first-order valence-corrected chi connectivity index (χ1v) is 3.11. The van der Waals surface area contributed by atoms with Gasteiger partial charge >= 0.3 is 0 Å². The van der Waals surface area contributed by atoms with Gasteiger partial charge in [-0.05, 0) is 0 Å². The van der Waals surface area contributed by atoms with Gasteiger partial charge < -0.3 is 5.73 Å². The molecule has 0 saturated carbocycles. The first kappa shape index (κ1) is 8.23. The van der Waals surface area contributed by atoms with E-state index in [1.807, 2.05) is 13.8 Å². The monoisotopic (exact) mass is 130 g/mol. The molecule has 54 valence electrons. The zero-order valence-electron chi connectivity index (χ0n) is 5.94. The fraction of sp³-hybridized carbons (Fsp3) is 0.800. The molecule has 0 aliphatic carbocycles. The van der Waals surface area contributed by atoms with E-state index in [-0.39, 0.29) is 0 Å². The van der Waals surface area contributed by atoms with E-state index in [0.29, 0.717) is 5.84 Å². The minimum absolute atomic E-state index is 0.607. The summed E-state index contributed by atoms with van der Waals surface area (Å²) in [4.78, 5) is 0. The topological polar surface area (TPSA) is 62.4 Å². The maximum Gasteiger partial charge on any atom is 0.120 e. The van der Waals surface area contributed by atoms with Crippen LogP contribution < -0.4 is 16.7 Å². The Balaban J connectivity index is 3.21. The summed E-state index contributed by atoms with van der Waals surface area (Å²) in [6.07, 6.45) is 0.776. The van der Waals surface area contributed by atoms with Gasteiger partial charge in [0.15, 0.2) is 0 Å². The highest BCUT2D eigenvalue weighted by molar-refractivity contribution is 5.79. The Morgan fingerprint density at radius 3 is 2.67 bits per heavy atom. The molecule has 0 aliphatic rings. The van der Waals surface area contributed by atoms with Gasteiger partial charge in [-0.15, -0.1) is 0 Å². The average molecular weight is 130 g/mol. The predicted octanol–water partition coefficient (Wildman–Crippen LogP) is -0.217. The molecule has 0 aromatic carbocycles. The number of amidine groups is 1.